The van der Waals surface area contributed by atoms with E-state index < -0.39 is 12.1 Å². The van der Waals surface area contributed by atoms with Crippen molar-refractivity contribution >= 4 is 11.9 Å². The fourth-order valence-electron chi connectivity index (χ4n) is 12.3. The summed E-state index contributed by atoms with van der Waals surface area (Å²) in [5.74, 6) is -0.00926. The molecule has 0 saturated carbocycles. The summed E-state index contributed by atoms with van der Waals surface area (Å²) in [7, 11) is 0. The van der Waals surface area contributed by atoms with E-state index in [0.29, 0.717) is 25.9 Å². The first-order chi connectivity index (χ1) is 40.5. The monoisotopic (exact) mass is 1160 g/mol. The lowest BCUT2D eigenvalue weighted by Crippen LogP contribution is -2.45. The van der Waals surface area contributed by atoms with Crippen LogP contribution in [0.3, 0.4) is 0 Å². The first-order valence-electron chi connectivity index (χ1n) is 37.9. The predicted octanol–water partition coefficient (Wildman–Crippen LogP) is 24.7. The molecule has 82 heavy (non-hydrogen) atoms. The van der Waals surface area contributed by atoms with Crippen LogP contribution in [-0.2, 0) is 14.3 Å². The largest absolute Gasteiger partial charge is 0.466 e. The number of ether oxygens (including phenoxy) is 1. The average Bonchev–Trinajstić information content (AvgIpc) is 3.48. The molecule has 6 nitrogen and oxygen atoms in total. The van der Waals surface area contributed by atoms with Gasteiger partial charge in [-0.3, -0.25) is 9.59 Å². The highest BCUT2D eigenvalue weighted by molar-refractivity contribution is 5.76. The third-order valence-corrected chi connectivity index (χ3v) is 18.1. The fourth-order valence-corrected chi connectivity index (χ4v) is 12.3. The molecule has 0 aliphatic rings. The zero-order chi connectivity index (χ0) is 59.2. The van der Waals surface area contributed by atoms with Crippen molar-refractivity contribution in [1.82, 2.24) is 5.32 Å². The van der Waals surface area contributed by atoms with Gasteiger partial charge in [0.05, 0.1) is 25.4 Å². The van der Waals surface area contributed by atoms with E-state index in [1.54, 1.807) is 0 Å². The van der Waals surface area contributed by atoms with E-state index in [4.69, 9.17) is 4.74 Å². The van der Waals surface area contributed by atoms with Gasteiger partial charge in [0.15, 0.2) is 0 Å². The molecule has 0 bridgehead atoms. The predicted molar refractivity (Wildman–Crippen MR) is 361 cm³/mol. The molecule has 0 radical (unpaired) electrons. The average molecular weight is 1160 g/mol. The molecule has 0 fully saturated rings. The molecule has 0 aromatic rings. The van der Waals surface area contributed by atoms with Crippen molar-refractivity contribution in [2.24, 2.45) is 0 Å². The highest BCUT2D eigenvalue weighted by atomic mass is 16.5. The maximum Gasteiger partial charge on any atom is 0.305 e. The second-order valence-corrected chi connectivity index (χ2v) is 26.3. The van der Waals surface area contributed by atoms with E-state index in [-0.39, 0.29) is 18.5 Å². The van der Waals surface area contributed by atoms with Crippen molar-refractivity contribution < 1.29 is 24.5 Å². The Kier molecular flexibility index (Phi) is 70.8. The lowest BCUT2D eigenvalue weighted by Gasteiger charge is -2.22. The molecule has 0 saturated heterocycles. The van der Waals surface area contributed by atoms with Gasteiger partial charge < -0.3 is 20.3 Å². The Morgan fingerprint density at radius 2 is 0.573 bits per heavy atom. The first kappa shape index (κ1) is 80.6. The first-order valence-corrected chi connectivity index (χ1v) is 37.9. The molecular formula is C76H149NO5. The van der Waals surface area contributed by atoms with Crippen LogP contribution in [-0.4, -0.2) is 47.4 Å². The van der Waals surface area contributed by atoms with E-state index in [2.05, 4.69) is 31.3 Å². The number of unbranched alkanes of at least 4 members (excludes halogenated alkanes) is 59. The Hall–Kier alpha value is -1.40. The number of esters is 1. The molecule has 1 amide bonds. The van der Waals surface area contributed by atoms with E-state index in [0.717, 1.165) is 38.5 Å². The molecule has 0 aliphatic carbocycles. The minimum Gasteiger partial charge on any atom is -0.466 e. The fraction of sp³-hybridized carbons (Fsp3) is 0.947. The van der Waals surface area contributed by atoms with Gasteiger partial charge in [-0.05, 0) is 51.4 Å². The Balaban J connectivity index is 3.34. The maximum absolute atomic E-state index is 12.6. The number of carbonyl (C=O) groups excluding carboxylic acids is 2. The van der Waals surface area contributed by atoms with Crippen molar-refractivity contribution in [2.75, 3.05) is 13.2 Å². The molecule has 2 atom stereocenters. The summed E-state index contributed by atoms with van der Waals surface area (Å²) in [5, 5.41) is 23.4. The Bertz CT molecular complexity index is 1240. The summed E-state index contributed by atoms with van der Waals surface area (Å²) < 4.78 is 5.52. The second-order valence-electron chi connectivity index (χ2n) is 26.3. The minimum absolute atomic E-state index is 0.0183. The third-order valence-electron chi connectivity index (χ3n) is 18.1. The van der Waals surface area contributed by atoms with Gasteiger partial charge in [-0.1, -0.05) is 386 Å². The molecule has 0 rings (SSSR count). The number of hydrogen-bond acceptors (Lipinski definition) is 5. The molecule has 0 spiro atoms. The van der Waals surface area contributed by atoms with Gasteiger partial charge in [-0.15, -0.1) is 0 Å². The van der Waals surface area contributed by atoms with Gasteiger partial charge in [-0.25, -0.2) is 0 Å². The Morgan fingerprint density at radius 3 is 0.866 bits per heavy atom. The van der Waals surface area contributed by atoms with Gasteiger partial charge in [0, 0.05) is 12.8 Å². The molecule has 0 aliphatic heterocycles. The van der Waals surface area contributed by atoms with Crippen LogP contribution in [0.5, 0.6) is 0 Å². The van der Waals surface area contributed by atoms with Crippen LogP contribution in [0.15, 0.2) is 12.2 Å². The van der Waals surface area contributed by atoms with E-state index in [9.17, 15) is 19.8 Å². The van der Waals surface area contributed by atoms with Gasteiger partial charge in [0.2, 0.25) is 5.91 Å². The number of rotatable bonds is 72. The summed E-state index contributed by atoms with van der Waals surface area (Å²) >= 11 is 0. The molecule has 488 valence electrons. The van der Waals surface area contributed by atoms with Crippen LogP contribution in [0, 0.1) is 0 Å². The van der Waals surface area contributed by atoms with Gasteiger partial charge in [0.25, 0.3) is 0 Å². The lowest BCUT2D eigenvalue weighted by atomic mass is 10.0. The highest BCUT2D eigenvalue weighted by Gasteiger charge is 2.20. The number of allylic oxidation sites excluding steroid dienone is 2. The highest BCUT2D eigenvalue weighted by Crippen LogP contribution is 2.20. The van der Waals surface area contributed by atoms with Crippen molar-refractivity contribution in [1.29, 1.82) is 0 Å². The topological polar surface area (TPSA) is 95.9 Å². The summed E-state index contributed by atoms with van der Waals surface area (Å²) in [6, 6.07) is -0.540. The summed E-state index contributed by atoms with van der Waals surface area (Å²) in [6.07, 6.45) is 89.9. The Morgan fingerprint density at radius 1 is 0.329 bits per heavy atom. The molecule has 6 heteroatoms. The molecule has 0 aromatic heterocycles. The molecule has 0 aromatic carbocycles. The van der Waals surface area contributed by atoms with Crippen LogP contribution < -0.4 is 5.32 Å². The van der Waals surface area contributed by atoms with E-state index >= 15 is 0 Å². The van der Waals surface area contributed by atoms with E-state index in [1.165, 1.54) is 366 Å². The number of aliphatic hydroxyl groups excluding tert-OH is 2. The molecule has 2 unspecified atom stereocenters. The zero-order valence-corrected chi connectivity index (χ0v) is 56.0. The summed E-state index contributed by atoms with van der Waals surface area (Å²) in [6.45, 7) is 5.00. The van der Waals surface area contributed by atoms with Crippen molar-refractivity contribution in [3.8, 4) is 0 Å². The van der Waals surface area contributed by atoms with Crippen LogP contribution in [0.4, 0.5) is 0 Å². The third kappa shape index (κ3) is 67.7. The number of nitrogens with one attached hydrogen (secondary N) is 1. The van der Waals surface area contributed by atoms with Crippen LogP contribution >= 0.6 is 0 Å². The number of amides is 1. The standard InChI is InChI=1S/C76H149NO5/c1-3-5-7-9-11-13-15-17-19-21-23-33-36-40-44-48-52-56-60-64-68-74(79)73(72-78)77-75(80)69-65-61-57-53-49-45-41-37-34-30-28-26-24-25-27-29-31-35-39-43-47-51-55-59-63-67-71-82-76(81)70-66-62-58-54-50-46-42-38-32-22-20-18-16-14-12-10-8-6-4-2/h18,20,73-74,78-79H,3-17,19,21-72H2,1-2H3,(H,77,80)/b20-18-. The quantitative estimate of drug-likeness (QED) is 0.0320. The number of aliphatic hydroxyl groups is 2. The van der Waals surface area contributed by atoms with Gasteiger partial charge in [0.1, 0.15) is 0 Å². The summed E-state index contributed by atoms with van der Waals surface area (Å²) in [5.41, 5.74) is 0. The van der Waals surface area contributed by atoms with Gasteiger partial charge in [-0.2, -0.15) is 0 Å². The van der Waals surface area contributed by atoms with Crippen molar-refractivity contribution in [2.45, 2.75) is 450 Å². The van der Waals surface area contributed by atoms with Crippen LogP contribution in [0.1, 0.15) is 438 Å². The lowest BCUT2D eigenvalue weighted by molar-refractivity contribution is -0.143. The second kappa shape index (κ2) is 72.1. The van der Waals surface area contributed by atoms with Crippen LogP contribution in [0.25, 0.3) is 0 Å². The Labute approximate surface area is 514 Å². The van der Waals surface area contributed by atoms with Crippen molar-refractivity contribution in [3.63, 3.8) is 0 Å². The molecular weight excluding hydrogens is 1010 g/mol. The van der Waals surface area contributed by atoms with Crippen LogP contribution in [0.2, 0.25) is 0 Å². The van der Waals surface area contributed by atoms with Gasteiger partial charge >= 0.3 is 5.97 Å². The van der Waals surface area contributed by atoms with Crippen molar-refractivity contribution in [3.05, 3.63) is 12.2 Å². The number of carbonyl (C=O) groups is 2. The molecule has 3 N–H and O–H groups in total. The smallest absolute Gasteiger partial charge is 0.305 e. The van der Waals surface area contributed by atoms with E-state index in [1.807, 2.05) is 0 Å². The maximum atomic E-state index is 12.6. The minimum atomic E-state index is -0.663. The normalized spacial score (nSPS) is 12.5. The molecule has 0 heterocycles. The number of hydrogen-bond donors (Lipinski definition) is 3. The summed E-state index contributed by atoms with van der Waals surface area (Å²) in [4.78, 5) is 24.7. The zero-order valence-electron chi connectivity index (χ0n) is 56.0. The SMILES string of the molecule is CCCCCCCC/C=C\CCCCCCCCCCCC(=O)OCCCCCCCCCCCCCCCCCCCCCCCCCCCCC(=O)NC(CO)C(O)CCCCCCCCCCCCCCCCCCCCCC.